The highest BCUT2D eigenvalue weighted by atomic mass is 32.1. The van der Waals surface area contributed by atoms with Crippen LogP contribution in [0.5, 0.6) is 0 Å². The van der Waals surface area contributed by atoms with Crippen molar-refractivity contribution in [3.63, 3.8) is 0 Å². The minimum absolute atomic E-state index is 0.0966. The number of carbonyl (C=O) groups is 4. The Morgan fingerprint density at radius 3 is 2.59 bits per heavy atom. The van der Waals surface area contributed by atoms with Crippen molar-refractivity contribution in [3.8, 4) is 0 Å². The van der Waals surface area contributed by atoms with Crippen molar-refractivity contribution in [1.29, 1.82) is 0 Å². The van der Waals surface area contributed by atoms with Crippen LogP contribution in [-0.4, -0.2) is 65.8 Å². The van der Waals surface area contributed by atoms with E-state index in [1.54, 1.807) is 4.90 Å². The highest BCUT2D eigenvalue weighted by Crippen LogP contribution is 2.21. The van der Waals surface area contributed by atoms with Crippen LogP contribution >= 0.6 is 11.3 Å². The van der Waals surface area contributed by atoms with Gasteiger partial charge in [0.2, 0.25) is 17.7 Å². The maximum Gasteiger partial charge on any atom is 0.281 e. The van der Waals surface area contributed by atoms with E-state index in [1.807, 2.05) is 22.8 Å². The fourth-order valence-corrected chi connectivity index (χ4v) is 5.72. The fraction of sp³-hybridized carbons (Fsp3) is 0.462. The molecule has 0 bridgehead atoms. The molecule has 1 aromatic heterocycles. The van der Waals surface area contributed by atoms with E-state index in [1.165, 1.54) is 35.6 Å². The largest absolute Gasteiger partial charge is 0.368 e. The highest BCUT2D eigenvalue weighted by Gasteiger charge is 2.41. The molecular weight excluding hydrogens is 497 g/mol. The highest BCUT2D eigenvalue weighted by molar-refractivity contribution is 7.10. The van der Waals surface area contributed by atoms with Crippen LogP contribution in [0.3, 0.4) is 0 Å². The summed E-state index contributed by atoms with van der Waals surface area (Å²) in [5, 5.41) is 9.62. The maximum atomic E-state index is 13.5. The maximum absolute atomic E-state index is 13.5. The molecule has 0 unspecified atom stereocenters. The number of amides is 4. The van der Waals surface area contributed by atoms with Crippen LogP contribution in [0.4, 0.5) is 4.39 Å². The Hall–Kier alpha value is -3.31. The van der Waals surface area contributed by atoms with Gasteiger partial charge in [0.25, 0.3) is 5.91 Å². The van der Waals surface area contributed by atoms with Crippen molar-refractivity contribution in [1.82, 2.24) is 15.5 Å². The van der Waals surface area contributed by atoms with Gasteiger partial charge in [-0.25, -0.2) is 4.39 Å². The van der Waals surface area contributed by atoms with Crippen molar-refractivity contribution in [3.05, 3.63) is 58.0 Å². The Labute approximate surface area is 219 Å². The van der Waals surface area contributed by atoms with Crippen LogP contribution in [0.1, 0.15) is 36.1 Å². The topological polar surface area (TPSA) is 138 Å². The van der Waals surface area contributed by atoms with Crippen molar-refractivity contribution < 1.29 is 28.9 Å². The summed E-state index contributed by atoms with van der Waals surface area (Å²) in [7, 11) is 0. The molecule has 2 fully saturated rings. The average molecular weight is 531 g/mol. The van der Waals surface area contributed by atoms with Crippen LogP contribution < -0.4 is 21.7 Å². The van der Waals surface area contributed by atoms with E-state index >= 15 is 0 Å². The summed E-state index contributed by atoms with van der Waals surface area (Å²) in [4.78, 5) is 54.1. The predicted molar refractivity (Wildman–Crippen MR) is 136 cm³/mol. The number of thiophene rings is 1. The number of piperidine rings is 1. The molecule has 9 nitrogen and oxygen atoms in total. The molecule has 1 aromatic carbocycles. The molecule has 198 valence electrons. The number of nitrogens with one attached hydrogen (secondary N) is 2. The van der Waals surface area contributed by atoms with Gasteiger partial charge in [-0.05, 0) is 42.0 Å². The third kappa shape index (κ3) is 7.14. The number of hydrogen-bond acceptors (Lipinski definition) is 5. The molecule has 37 heavy (non-hydrogen) atoms. The molecule has 4 atom stereocenters. The van der Waals surface area contributed by atoms with Crippen molar-refractivity contribution in [2.45, 2.75) is 62.7 Å². The lowest BCUT2D eigenvalue weighted by atomic mass is 9.94. The zero-order valence-corrected chi connectivity index (χ0v) is 21.3. The normalized spacial score (nSPS) is 22.3. The van der Waals surface area contributed by atoms with Gasteiger partial charge < -0.3 is 26.6 Å². The van der Waals surface area contributed by atoms with E-state index in [4.69, 9.17) is 5.73 Å². The molecule has 0 aliphatic carbocycles. The lowest BCUT2D eigenvalue weighted by Crippen LogP contribution is -2.89. The summed E-state index contributed by atoms with van der Waals surface area (Å²) in [6, 6.07) is 7.00. The first-order chi connectivity index (χ1) is 17.8. The molecule has 4 amide bonds. The third-order valence-corrected chi connectivity index (χ3v) is 7.85. The van der Waals surface area contributed by atoms with E-state index in [-0.39, 0.29) is 43.2 Å². The van der Waals surface area contributed by atoms with E-state index < -0.39 is 29.7 Å². The predicted octanol–water partition coefficient (Wildman–Crippen LogP) is -0.156. The Kier molecular flexibility index (Phi) is 8.88. The van der Waals surface area contributed by atoms with E-state index in [0.717, 1.165) is 24.3 Å². The first-order valence-electron chi connectivity index (χ1n) is 12.6. The number of primary amides is 1. The summed E-state index contributed by atoms with van der Waals surface area (Å²) in [6.45, 7) is 1.19. The van der Waals surface area contributed by atoms with Gasteiger partial charge in [-0.2, -0.15) is 0 Å². The number of halogens is 1. The van der Waals surface area contributed by atoms with Gasteiger partial charge in [0.1, 0.15) is 17.9 Å². The average Bonchev–Trinajstić information content (AvgIpc) is 3.59. The van der Waals surface area contributed by atoms with Gasteiger partial charge >= 0.3 is 0 Å². The molecule has 11 heteroatoms. The summed E-state index contributed by atoms with van der Waals surface area (Å²) in [5.41, 5.74) is 6.21. The monoisotopic (exact) mass is 530 g/mol. The van der Waals surface area contributed by atoms with E-state index in [0.29, 0.717) is 18.5 Å². The Bertz CT molecular complexity index is 1100. The van der Waals surface area contributed by atoms with Gasteiger partial charge in [-0.1, -0.05) is 18.2 Å². The van der Waals surface area contributed by atoms with Crippen LogP contribution in [0.25, 0.3) is 0 Å². The molecule has 4 rings (SSSR count). The quantitative estimate of drug-likeness (QED) is 0.358. The lowest BCUT2D eigenvalue weighted by molar-refractivity contribution is -0.658. The summed E-state index contributed by atoms with van der Waals surface area (Å²) in [5.74, 6) is -1.86. The third-order valence-electron chi connectivity index (χ3n) is 6.97. The van der Waals surface area contributed by atoms with Gasteiger partial charge in [0.15, 0.2) is 6.04 Å². The van der Waals surface area contributed by atoms with Crippen molar-refractivity contribution in [2.75, 3.05) is 13.1 Å². The second kappa shape index (κ2) is 12.3. The molecule has 2 aromatic rings. The van der Waals surface area contributed by atoms with Gasteiger partial charge in [-0.3, -0.25) is 19.2 Å². The summed E-state index contributed by atoms with van der Waals surface area (Å²) in [6.07, 6.45) is 2.81. The van der Waals surface area contributed by atoms with Crippen LogP contribution in [-0.2, 0) is 32.0 Å². The molecule has 3 heterocycles. The zero-order chi connectivity index (χ0) is 26.4. The Balaban J connectivity index is 1.46. The zero-order valence-electron chi connectivity index (χ0n) is 20.5. The molecule has 6 N–H and O–H groups in total. The summed E-state index contributed by atoms with van der Waals surface area (Å²) >= 11 is 1.50. The van der Waals surface area contributed by atoms with Crippen molar-refractivity contribution >= 4 is 35.0 Å². The molecule has 2 aliphatic rings. The first kappa shape index (κ1) is 26.7. The SMILES string of the molecule is NC(=O)[C@H](Cc1ccc(F)cc1)NC(=O)[C@@H]1C[C@@H](NC(=O)Cc2cccs2)CCN1C(=O)[C@H]1CCC[NH2+]1. The molecule has 2 aliphatic heterocycles. The Morgan fingerprint density at radius 1 is 1.16 bits per heavy atom. The summed E-state index contributed by atoms with van der Waals surface area (Å²) < 4.78 is 13.3. The minimum atomic E-state index is -1.03. The molecule has 0 radical (unpaired) electrons. The second-order valence-electron chi connectivity index (χ2n) is 9.66. The van der Waals surface area contributed by atoms with Gasteiger partial charge in [-0.15, -0.1) is 11.3 Å². The van der Waals surface area contributed by atoms with Gasteiger partial charge in [0, 0.05) is 36.7 Å². The number of benzene rings is 1. The number of hydrogen-bond donors (Lipinski definition) is 4. The number of carbonyl (C=O) groups excluding carboxylic acids is 4. The van der Waals surface area contributed by atoms with Gasteiger partial charge in [0.05, 0.1) is 13.0 Å². The Morgan fingerprint density at radius 2 is 1.95 bits per heavy atom. The van der Waals surface area contributed by atoms with Crippen LogP contribution in [0.2, 0.25) is 0 Å². The fourth-order valence-electron chi connectivity index (χ4n) is 5.02. The molecular formula is C26H33FN5O4S+. The van der Waals surface area contributed by atoms with Crippen LogP contribution in [0.15, 0.2) is 41.8 Å². The second-order valence-corrected chi connectivity index (χ2v) is 10.7. The number of nitrogens with two attached hydrogens (primary N) is 2. The molecule has 2 saturated heterocycles. The number of likely N-dealkylation sites (tertiary alicyclic amines) is 1. The number of rotatable bonds is 9. The van der Waals surface area contributed by atoms with E-state index in [2.05, 4.69) is 10.6 Å². The number of nitrogens with zero attached hydrogens (tertiary/aromatic N) is 1. The lowest BCUT2D eigenvalue weighted by Gasteiger charge is -2.39. The first-order valence-corrected chi connectivity index (χ1v) is 13.5. The number of quaternary nitrogens is 1. The molecule has 0 spiro atoms. The van der Waals surface area contributed by atoms with Crippen molar-refractivity contribution in [2.24, 2.45) is 5.73 Å². The van der Waals surface area contributed by atoms with E-state index in [9.17, 15) is 23.6 Å². The molecule has 0 saturated carbocycles. The minimum Gasteiger partial charge on any atom is -0.368 e. The standard InChI is InChI=1S/C26H32FN5O4S/c27-17-7-5-16(6-8-17)13-21(24(28)34)31-25(35)22-14-18(30-23(33)15-19-3-2-12-37-19)9-11-32(22)26(36)20-4-1-10-29-20/h2-3,5-8,12,18,20-22,29H,1,4,9-11,13-15H2,(H2,28,34)(H,30,33)(H,31,35)/p+1/t18-,20+,21-,22-/m0/s1. The van der Waals surface area contributed by atoms with Crippen LogP contribution in [0, 0.1) is 5.82 Å². The smallest absolute Gasteiger partial charge is 0.281 e.